The van der Waals surface area contributed by atoms with E-state index in [-0.39, 0.29) is 0 Å². The van der Waals surface area contributed by atoms with E-state index in [0.29, 0.717) is 12.1 Å². The standard InChI is InChI=1S/C13H26N2O/c1-3-14-10-12-4-7-15(8-5-12)13-6-9-16-11(13)2/h11-14H,3-10H2,1-2H3. The maximum atomic E-state index is 5.66. The second-order valence-corrected chi connectivity index (χ2v) is 5.22. The third kappa shape index (κ3) is 2.96. The van der Waals surface area contributed by atoms with E-state index in [4.69, 9.17) is 4.74 Å². The predicted molar refractivity (Wildman–Crippen MR) is 66.7 cm³/mol. The van der Waals surface area contributed by atoms with Gasteiger partial charge < -0.3 is 10.1 Å². The normalized spacial score (nSPS) is 33.4. The first kappa shape index (κ1) is 12.3. The van der Waals surface area contributed by atoms with E-state index in [1.165, 1.54) is 38.9 Å². The van der Waals surface area contributed by atoms with Gasteiger partial charge in [-0.2, -0.15) is 0 Å². The fraction of sp³-hybridized carbons (Fsp3) is 1.00. The van der Waals surface area contributed by atoms with Crippen LogP contribution in [0.1, 0.15) is 33.1 Å². The number of hydrogen-bond donors (Lipinski definition) is 1. The molecule has 3 heteroatoms. The van der Waals surface area contributed by atoms with E-state index in [2.05, 4.69) is 24.1 Å². The van der Waals surface area contributed by atoms with Crippen molar-refractivity contribution in [2.75, 3.05) is 32.8 Å². The second-order valence-electron chi connectivity index (χ2n) is 5.22. The lowest BCUT2D eigenvalue weighted by atomic mass is 9.94. The Labute approximate surface area is 99.5 Å². The van der Waals surface area contributed by atoms with Crippen LogP contribution >= 0.6 is 0 Å². The molecule has 3 nitrogen and oxygen atoms in total. The Morgan fingerprint density at radius 2 is 2.00 bits per heavy atom. The summed E-state index contributed by atoms with van der Waals surface area (Å²) in [6.45, 7) is 10.2. The Hall–Kier alpha value is -0.120. The first-order valence-corrected chi connectivity index (χ1v) is 6.87. The van der Waals surface area contributed by atoms with Crippen molar-refractivity contribution in [3.05, 3.63) is 0 Å². The molecular weight excluding hydrogens is 200 g/mol. The Morgan fingerprint density at radius 1 is 1.25 bits per heavy atom. The zero-order chi connectivity index (χ0) is 11.4. The zero-order valence-electron chi connectivity index (χ0n) is 10.7. The molecule has 0 aromatic heterocycles. The summed E-state index contributed by atoms with van der Waals surface area (Å²) in [6.07, 6.45) is 4.40. The molecule has 0 bridgehead atoms. The molecule has 2 aliphatic rings. The summed E-state index contributed by atoms with van der Waals surface area (Å²) in [7, 11) is 0. The first-order chi connectivity index (χ1) is 7.81. The Balaban J connectivity index is 1.72. The van der Waals surface area contributed by atoms with Crippen LogP contribution in [0.3, 0.4) is 0 Å². The number of rotatable bonds is 4. The smallest absolute Gasteiger partial charge is 0.0703 e. The van der Waals surface area contributed by atoms with Gasteiger partial charge in [0.05, 0.1) is 6.10 Å². The number of hydrogen-bond acceptors (Lipinski definition) is 3. The highest BCUT2D eigenvalue weighted by Crippen LogP contribution is 2.25. The second kappa shape index (κ2) is 5.99. The van der Waals surface area contributed by atoms with Crippen molar-refractivity contribution in [1.29, 1.82) is 0 Å². The molecule has 2 aliphatic heterocycles. The van der Waals surface area contributed by atoms with Crippen LogP contribution in [0, 0.1) is 5.92 Å². The maximum Gasteiger partial charge on any atom is 0.0703 e. The number of piperidine rings is 1. The third-order valence-electron chi connectivity index (χ3n) is 4.14. The average molecular weight is 226 g/mol. The molecule has 16 heavy (non-hydrogen) atoms. The van der Waals surface area contributed by atoms with Crippen molar-refractivity contribution in [1.82, 2.24) is 10.2 Å². The number of nitrogens with zero attached hydrogens (tertiary/aromatic N) is 1. The molecule has 0 aromatic rings. The number of likely N-dealkylation sites (tertiary alicyclic amines) is 1. The van der Waals surface area contributed by atoms with Gasteiger partial charge in [-0.1, -0.05) is 6.92 Å². The molecule has 2 saturated heterocycles. The minimum absolute atomic E-state index is 0.449. The largest absolute Gasteiger partial charge is 0.377 e. The predicted octanol–water partition coefficient (Wildman–Crippen LogP) is 1.49. The van der Waals surface area contributed by atoms with Gasteiger partial charge >= 0.3 is 0 Å². The highest BCUT2D eigenvalue weighted by atomic mass is 16.5. The molecule has 2 fully saturated rings. The van der Waals surface area contributed by atoms with Crippen LogP contribution in [0.25, 0.3) is 0 Å². The highest BCUT2D eigenvalue weighted by Gasteiger charge is 2.32. The molecule has 1 N–H and O–H groups in total. The van der Waals surface area contributed by atoms with Gasteiger partial charge in [-0.25, -0.2) is 0 Å². The summed E-state index contributed by atoms with van der Waals surface area (Å²) in [4.78, 5) is 2.65. The lowest BCUT2D eigenvalue weighted by molar-refractivity contribution is 0.0571. The van der Waals surface area contributed by atoms with Crippen LogP contribution in [0.15, 0.2) is 0 Å². The molecule has 0 aliphatic carbocycles. The quantitative estimate of drug-likeness (QED) is 0.786. The molecule has 2 heterocycles. The van der Waals surface area contributed by atoms with Crippen molar-refractivity contribution in [2.24, 2.45) is 5.92 Å². The molecular formula is C13H26N2O. The third-order valence-corrected chi connectivity index (χ3v) is 4.14. The molecule has 0 spiro atoms. The lowest BCUT2D eigenvalue weighted by Crippen LogP contribution is -2.45. The average Bonchev–Trinajstić information content (AvgIpc) is 2.74. The van der Waals surface area contributed by atoms with Gasteiger partial charge in [-0.15, -0.1) is 0 Å². The number of ether oxygens (including phenoxy) is 1. The van der Waals surface area contributed by atoms with Crippen molar-refractivity contribution in [3.63, 3.8) is 0 Å². The molecule has 2 unspecified atom stereocenters. The topological polar surface area (TPSA) is 24.5 Å². The van der Waals surface area contributed by atoms with E-state index in [1.54, 1.807) is 0 Å². The van der Waals surface area contributed by atoms with Gasteiger partial charge in [0, 0.05) is 12.6 Å². The minimum Gasteiger partial charge on any atom is -0.377 e. The van der Waals surface area contributed by atoms with E-state index in [9.17, 15) is 0 Å². The van der Waals surface area contributed by atoms with Gasteiger partial charge in [0.15, 0.2) is 0 Å². The maximum absolute atomic E-state index is 5.66. The minimum atomic E-state index is 0.449. The van der Waals surface area contributed by atoms with Crippen molar-refractivity contribution < 1.29 is 4.74 Å². The molecule has 94 valence electrons. The van der Waals surface area contributed by atoms with Gasteiger partial charge in [0.2, 0.25) is 0 Å². The van der Waals surface area contributed by atoms with Crippen LogP contribution in [-0.2, 0) is 4.74 Å². The van der Waals surface area contributed by atoms with Gasteiger partial charge in [0.1, 0.15) is 0 Å². The summed E-state index contributed by atoms with van der Waals surface area (Å²) in [6, 6.07) is 0.695. The molecule has 2 atom stereocenters. The van der Waals surface area contributed by atoms with Crippen molar-refractivity contribution in [2.45, 2.75) is 45.3 Å². The Morgan fingerprint density at radius 3 is 2.56 bits per heavy atom. The summed E-state index contributed by atoms with van der Waals surface area (Å²) < 4.78 is 5.66. The molecule has 0 saturated carbocycles. The number of nitrogens with one attached hydrogen (secondary N) is 1. The van der Waals surface area contributed by atoms with E-state index in [0.717, 1.165) is 19.1 Å². The highest BCUT2D eigenvalue weighted by molar-refractivity contribution is 4.85. The van der Waals surface area contributed by atoms with Crippen LogP contribution in [-0.4, -0.2) is 49.8 Å². The van der Waals surface area contributed by atoms with Crippen LogP contribution in [0.4, 0.5) is 0 Å². The van der Waals surface area contributed by atoms with Crippen molar-refractivity contribution in [3.8, 4) is 0 Å². The van der Waals surface area contributed by atoms with Crippen molar-refractivity contribution >= 4 is 0 Å². The Kier molecular flexibility index (Phi) is 4.62. The fourth-order valence-electron chi connectivity index (χ4n) is 3.04. The first-order valence-electron chi connectivity index (χ1n) is 6.87. The van der Waals surface area contributed by atoms with Gasteiger partial charge in [-0.3, -0.25) is 4.90 Å². The molecule has 0 amide bonds. The zero-order valence-corrected chi connectivity index (χ0v) is 10.7. The van der Waals surface area contributed by atoms with E-state index < -0.39 is 0 Å². The summed E-state index contributed by atoms with van der Waals surface area (Å²) in [5, 5.41) is 3.47. The summed E-state index contributed by atoms with van der Waals surface area (Å²) in [5.74, 6) is 0.897. The van der Waals surface area contributed by atoms with Gasteiger partial charge in [-0.05, 0) is 58.3 Å². The SMILES string of the molecule is CCNCC1CCN(C2CCOC2C)CC1. The summed E-state index contributed by atoms with van der Waals surface area (Å²) in [5.41, 5.74) is 0. The van der Waals surface area contributed by atoms with Crippen LogP contribution in [0.2, 0.25) is 0 Å². The lowest BCUT2D eigenvalue weighted by Gasteiger charge is -2.37. The fourth-order valence-corrected chi connectivity index (χ4v) is 3.04. The van der Waals surface area contributed by atoms with Crippen LogP contribution in [0.5, 0.6) is 0 Å². The Bertz CT molecular complexity index is 202. The molecule has 2 rings (SSSR count). The van der Waals surface area contributed by atoms with Gasteiger partial charge in [0.25, 0.3) is 0 Å². The van der Waals surface area contributed by atoms with Crippen LogP contribution < -0.4 is 5.32 Å². The van der Waals surface area contributed by atoms with E-state index >= 15 is 0 Å². The summed E-state index contributed by atoms with van der Waals surface area (Å²) >= 11 is 0. The molecule has 0 radical (unpaired) electrons. The monoisotopic (exact) mass is 226 g/mol. The van der Waals surface area contributed by atoms with E-state index in [1.807, 2.05) is 0 Å². The molecule has 0 aromatic carbocycles.